The Balaban J connectivity index is 2.44. The van der Waals surface area contributed by atoms with Crippen LogP contribution in [0.5, 0.6) is 0 Å². The van der Waals surface area contributed by atoms with Crippen molar-refractivity contribution in [1.29, 1.82) is 5.26 Å². The molecule has 2 aromatic carbocycles. The van der Waals surface area contributed by atoms with Crippen molar-refractivity contribution >= 4 is 39.7 Å². The Morgan fingerprint density at radius 1 is 1.30 bits per heavy atom. The third kappa shape index (κ3) is 2.72. The molecular formula is C14H10IN3O2. The fourth-order valence-corrected chi connectivity index (χ4v) is 2.55. The Labute approximate surface area is 129 Å². The largest absolute Gasteiger partial charge is 0.344 e. The van der Waals surface area contributed by atoms with Crippen molar-refractivity contribution in [2.45, 2.75) is 0 Å². The molecule has 0 aromatic heterocycles. The molecule has 0 fully saturated rings. The lowest BCUT2D eigenvalue weighted by Crippen LogP contribution is -2.11. The summed E-state index contributed by atoms with van der Waals surface area (Å²) in [4.78, 5) is 12.2. The van der Waals surface area contributed by atoms with Crippen LogP contribution in [-0.4, -0.2) is 12.0 Å². The van der Waals surface area contributed by atoms with Gasteiger partial charge in [0.1, 0.15) is 6.07 Å². The molecule has 0 saturated carbocycles. The van der Waals surface area contributed by atoms with Crippen LogP contribution in [0.3, 0.4) is 0 Å². The number of nitro groups is 1. The Morgan fingerprint density at radius 2 is 2.00 bits per heavy atom. The van der Waals surface area contributed by atoms with Gasteiger partial charge in [0.15, 0.2) is 0 Å². The molecule has 0 spiro atoms. The Bertz CT molecular complexity index is 710. The molecule has 0 bridgehead atoms. The minimum Gasteiger partial charge on any atom is -0.344 e. The van der Waals surface area contributed by atoms with E-state index in [4.69, 9.17) is 5.26 Å². The number of rotatable bonds is 3. The SMILES string of the molecule is CN(c1ccc([N+](=O)[O-])c(I)c1)c1ccccc1C#N. The van der Waals surface area contributed by atoms with Crippen LogP contribution in [-0.2, 0) is 0 Å². The molecule has 20 heavy (non-hydrogen) atoms. The average Bonchev–Trinajstić information content (AvgIpc) is 2.45. The van der Waals surface area contributed by atoms with Crippen LogP contribution in [0.2, 0.25) is 0 Å². The summed E-state index contributed by atoms with van der Waals surface area (Å²) in [7, 11) is 1.83. The highest BCUT2D eigenvalue weighted by molar-refractivity contribution is 14.1. The first-order valence-electron chi connectivity index (χ1n) is 5.71. The van der Waals surface area contributed by atoms with Crippen molar-refractivity contribution in [2.75, 3.05) is 11.9 Å². The highest BCUT2D eigenvalue weighted by atomic mass is 127. The van der Waals surface area contributed by atoms with Crippen LogP contribution in [0, 0.1) is 25.0 Å². The van der Waals surface area contributed by atoms with Crippen LogP contribution in [0.15, 0.2) is 42.5 Å². The topological polar surface area (TPSA) is 70.2 Å². The van der Waals surface area contributed by atoms with Crippen LogP contribution >= 0.6 is 22.6 Å². The van der Waals surface area contributed by atoms with Crippen LogP contribution < -0.4 is 4.90 Å². The molecule has 0 N–H and O–H groups in total. The Hall–Kier alpha value is -2.14. The molecule has 0 amide bonds. The number of benzene rings is 2. The molecule has 0 heterocycles. The molecular weight excluding hydrogens is 369 g/mol. The number of nitriles is 1. The first-order chi connectivity index (χ1) is 9.54. The second-order valence-electron chi connectivity index (χ2n) is 4.08. The molecule has 0 unspecified atom stereocenters. The van der Waals surface area contributed by atoms with Gasteiger partial charge in [0.05, 0.1) is 19.7 Å². The lowest BCUT2D eigenvalue weighted by molar-refractivity contribution is -0.385. The highest BCUT2D eigenvalue weighted by Crippen LogP contribution is 2.31. The van der Waals surface area contributed by atoms with E-state index in [0.717, 1.165) is 11.4 Å². The lowest BCUT2D eigenvalue weighted by atomic mass is 10.1. The van der Waals surface area contributed by atoms with Gasteiger partial charge in [-0.2, -0.15) is 5.26 Å². The van der Waals surface area contributed by atoms with Gasteiger partial charge in [0, 0.05) is 18.8 Å². The second kappa shape index (κ2) is 5.88. The lowest BCUT2D eigenvalue weighted by Gasteiger charge is -2.20. The van der Waals surface area contributed by atoms with E-state index in [2.05, 4.69) is 6.07 Å². The first kappa shape index (κ1) is 14.3. The molecule has 2 rings (SSSR count). The molecule has 0 aliphatic rings. The molecule has 0 aliphatic carbocycles. The van der Waals surface area contributed by atoms with Gasteiger partial charge in [-0.1, -0.05) is 12.1 Å². The summed E-state index contributed by atoms with van der Waals surface area (Å²) < 4.78 is 0.561. The molecule has 0 saturated heterocycles. The average molecular weight is 379 g/mol. The minimum absolute atomic E-state index is 0.0799. The van der Waals surface area contributed by atoms with E-state index in [-0.39, 0.29) is 5.69 Å². The third-order valence-corrected chi connectivity index (χ3v) is 3.77. The third-order valence-electron chi connectivity index (χ3n) is 2.90. The maximum absolute atomic E-state index is 10.8. The van der Waals surface area contributed by atoms with Crippen LogP contribution in [0.25, 0.3) is 0 Å². The van der Waals surface area contributed by atoms with Gasteiger partial charge in [-0.25, -0.2) is 0 Å². The van der Waals surface area contributed by atoms with Gasteiger partial charge in [-0.3, -0.25) is 10.1 Å². The van der Waals surface area contributed by atoms with Crippen LogP contribution in [0.1, 0.15) is 5.56 Å². The predicted octanol–water partition coefficient (Wildman–Crippen LogP) is 3.84. The van der Waals surface area contributed by atoms with Gasteiger partial charge in [0.2, 0.25) is 0 Å². The van der Waals surface area contributed by atoms with E-state index in [0.29, 0.717) is 9.13 Å². The van der Waals surface area contributed by atoms with Crippen molar-refractivity contribution in [3.05, 3.63) is 61.7 Å². The number of nitrogens with zero attached hydrogens (tertiary/aromatic N) is 3. The monoisotopic (exact) mass is 379 g/mol. The van der Waals surface area contributed by atoms with E-state index in [1.807, 2.05) is 46.7 Å². The summed E-state index contributed by atoms with van der Waals surface area (Å²) in [6.45, 7) is 0. The summed E-state index contributed by atoms with van der Waals surface area (Å²) in [5, 5.41) is 19.9. The van der Waals surface area contributed by atoms with Crippen LogP contribution in [0.4, 0.5) is 17.1 Å². The zero-order valence-electron chi connectivity index (χ0n) is 10.6. The summed E-state index contributed by atoms with van der Waals surface area (Å²) in [6.07, 6.45) is 0. The smallest absolute Gasteiger partial charge is 0.282 e. The number of nitro benzene ring substituents is 1. The van der Waals surface area contributed by atoms with Crippen molar-refractivity contribution in [3.63, 3.8) is 0 Å². The first-order valence-corrected chi connectivity index (χ1v) is 6.79. The zero-order chi connectivity index (χ0) is 14.7. The summed E-state index contributed by atoms with van der Waals surface area (Å²) >= 11 is 1.94. The van der Waals surface area contributed by atoms with Crippen molar-refractivity contribution in [3.8, 4) is 6.07 Å². The highest BCUT2D eigenvalue weighted by Gasteiger charge is 2.15. The maximum atomic E-state index is 10.8. The predicted molar refractivity (Wildman–Crippen MR) is 85.0 cm³/mol. The summed E-state index contributed by atoms with van der Waals surface area (Å²) in [5.74, 6) is 0. The van der Waals surface area contributed by atoms with Crippen molar-refractivity contribution in [1.82, 2.24) is 0 Å². The van der Waals surface area contributed by atoms with E-state index < -0.39 is 4.92 Å². The normalized spacial score (nSPS) is 9.85. The van der Waals surface area contributed by atoms with E-state index in [9.17, 15) is 10.1 Å². The maximum Gasteiger partial charge on any atom is 0.282 e. The fraction of sp³-hybridized carbons (Fsp3) is 0.0714. The molecule has 100 valence electrons. The molecule has 0 atom stereocenters. The standard InChI is InChI=1S/C14H10IN3O2/c1-17(13-5-3-2-4-10(13)9-16)11-6-7-14(18(19)20)12(15)8-11/h2-8H,1H3. The van der Waals surface area contributed by atoms with Gasteiger partial charge in [-0.15, -0.1) is 0 Å². The van der Waals surface area contributed by atoms with E-state index in [1.165, 1.54) is 6.07 Å². The van der Waals surface area contributed by atoms with Gasteiger partial charge in [-0.05, 0) is 46.9 Å². The molecule has 0 radical (unpaired) electrons. The molecule has 5 nitrogen and oxygen atoms in total. The number of anilines is 2. The number of halogens is 1. The van der Waals surface area contributed by atoms with Gasteiger partial charge in [0.25, 0.3) is 5.69 Å². The van der Waals surface area contributed by atoms with Gasteiger partial charge >= 0.3 is 0 Å². The minimum atomic E-state index is -0.408. The fourth-order valence-electron chi connectivity index (χ4n) is 1.85. The molecule has 2 aromatic rings. The van der Waals surface area contributed by atoms with E-state index >= 15 is 0 Å². The number of hydrogen-bond acceptors (Lipinski definition) is 4. The number of para-hydroxylation sites is 1. The zero-order valence-corrected chi connectivity index (χ0v) is 12.7. The quantitative estimate of drug-likeness (QED) is 0.462. The van der Waals surface area contributed by atoms with Crippen molar-refractivity contribution in [2.24, 2.45) is 0 Å². The molecule has 6 heteroatoms. The Morgan fingerprint density at radius 3 is 2.60 bits per heavy atom. The Kier molecular flexibility index (Phi) is 4.20. The summed E-state index contributed by atoms with van der Waals surface area (Å²) in [5.41, 5.74) is 2.20. The van der Waals surface area contributed by atoms with Crippen molar-refractivity contribution < 1.29 is 4.92 Å². The number of hydrogen-bond donors (Lipinski definition) is 0. The van der Waals surface area contributed by atoms with Gasteiger partial charge < -0.3 is 4.90 Å². The molecule has 0 aliphatic heterocycles. The van der Waals surface area contributed by atoms with E-state index in [1.54, 1.807) is 24.3 Å². The summed E-state index contributed by atoms with van der Waals surface area (Å²) in [6, 6.07) is 14.2. The second-order valence-corrected chi connectivity index (χ2v) is 5.24.